The SMILES string of the molecule is CC(C)C(NC(=O)c1ccccc1Cl)C(=O)N(CC(N)=O)C(C)C. The zero-order chi connectivity index (χ0) is 18.4. The summed E-state index contributed by atoms with van der Waals surface area (Å²) in [6.45, 7) is 7.01. The third kappa shape index (κ3) is 5.23. The Hall–Kier alpha value is -2.08. The lowest BCUT2D eigenvalue weighted by molar-refractivity contribution is -0.139. The molecule has 0 aromatic heterocycles. The van der Waals surface area contributed by atoms with Crippen molar-refractivity contribution in [2.45, 2.75) is 39.8 Å². The maximum Gasteiger partial charge on any atom is 0.253 e. The number of benzene rings is 1. The van der Waals surface area contributed by atoms with E-state index in [2.05, 4.69) is 5.32 Å². The van der Waals surface area contributed by atoms with Crippen molar-refractivity contribution < 1.29 is 14.4 Å². The summed E-state index contributed by atoms with van der Waals surface area (Å²) >= 11 is 6.03. The third-order valence-electron chi connectivity index (χ3n) is 3.57. The van der Waals surface area contributed by atoms with E-state index < -0.39 is 17.9 Å². The first-order valence-corrected chi connectivity index (χ1v) is 8.17. The van der Waals surface area contributed by atoms with Gasteiger partial charge < -0.3 is 16.0 Å². The Kier molecular flexibility index (Phi) is 7.22. The number of carbonyl (C=O) groups is 3. The van der Waals surface area contributed by atoms with Crippen LogP contribution in [-0.4, -0.2) is 41.2 Å². The summed E-state index contributed by atoms with van der Waals surface area (Å²) in [5.74, 6) is -1.55. The first kappa shape index (κ1) is 20.0. The number of carbonyl (C=O) groups excluding carboxylic acids is 3. The van der Waals surface area contributed by atoms with Crippen LogP contribution in [0.4, 0.5) is 0 Å². The maximum atomic E-state index is 12.8. The molecule has 6 nitrogen and oxygen atoms in total. The lowest BCUT2D eigenvalue weighted by atomic mass is 10.0. The molecule has 0 bridgehead atoms. The largest absolute Gasteiger partial charge is 0.368 e. The summed E-state index contributed by atoms with van der Waals surface area (Å²) in [4.78, 5) is 37.8. The van der Waals surface area contributed by atoms with Crippen LogP contribution in [0.25, 0.3) is 0 Å². The van der Waals surface area contributed by atoms with Crippen molar-refractivity contribution in [3.63, 3.8) is 0 Å². The lowest BCUT2D eigenvalue weighted by Crippen LogP contribution is -2.54. The van der Waals surface area contributed by atoms with E-state index in [4.69, 9.17) is 17.3 Å². The van der Waals surface area contributed by atoms with Crippen LogP contribution in [-0.2, 0) is 9.59 Å². The molecule has 0 aliphatic carbocycles. The minimum atomic E-state index is -0.782. The Labute approximate surface area is 147 Å². The van der Waals surface area contributed by atoms with Crippen LogP contribution >= 0.6 is 11.6 Å². The monoisotopic (exact) mass is 353 g/mol. The van der Waals surface area contributed by atoms with Gasteiger partial charge in [0.05, 0.1) is 17.1 Å². The van der Waals surface area contributed by atoms with E-state index >= 15 is 0 Å². The van der Waals surface area contributed by atoms with Crippen molar-refractivity contribution in [3.05, 3.63) is 34.9 Å². The zero-order valence-corrected chi connectivity index (χ0v) is 15.1. The van der Waals surface area contributed by atoms with Gasteiger partial charge in [0, 0.05) is 6.04 Å². The normalized spacial score (nSPS) is 12.1. The standard InChI is InChI=1S/C17H24ClN3O3/c1-10(2)15(17(24)21(11(3)4)9-14(19)22)20-16(23)12-7-5-6-8-13(12)18/h5-8,10-11,15H,9H2,1-4H3,(H2,19,22)(H,20,23). The van der Waals surface area contributed by atoms with Crippen LogP contribution in [0.3, 0.4) is 0 Å². The average Bonchev–Trinajstić information content (AvgIpc) is 2.49. The quantitative estimate of drug-likeness (QED) is 0.783. The van der Waals surface area contributed by atoms with Gasteiger partial charge >= 0.3 is 0 Å². The number of hydrogen-bond acceptors (Lipinski definition) is 3. The van der Waals surface area contributed by atoms with E-state index in [9.17, 15) is 14.4 Å². The lowest BCUT2D eigenvalue weighted by Gasteiger charge is -2.31. The molecule has 0 saturated heterocycles. The average molecular weight is 354 g/mol. The van der Waals surface area contributed by atoms with Crippen LogP contribution in [0.15, 0.2) is 24.3 Å². The van der Waals surface area contributed by atoms with Crippen LogP contribution in [0, 0.1) is 5.92 Å². The number of primary amides is 1. The second-order valence-corrected chi connectivity index (χ2v) is 6.61. The second-order valence-electron chi connectivity index (χ2n) is 6.20. The van der Waals surface area contributed by atoms with Crippen molar-refractivity contribution in [1.82, 2.24) is 10.2 Å². The number of nitrogens with one attached hydrogen (secondary N) is 1. The summed E-state index contributed by atoms with van der Waals surface area (Å²) in [5, 5.41) is 3.02. The smallest absolute Gasteiger partial charge is 0.253 e. The number of hydrogen-bond donors (Lipinski definition) is 2. The highest BCUT2D eigenvalue weighted by molar-refractivity contribution is 6.33. The first-order chi connectivity index (χ1) is 11.1. The molecule has 1 rings (SSSR count). The number of rotatable bonds is 7. The minimum absolute atomic E-state index is 0.168. The van der Waals surface area contributed by atoms with Crippen molar-refractivity contribution in [2.24, 2.45) is 11.7 Å². The molecule has 132 valence electrons. The fourth-order valence-corrected chi connectivity index (χ4v) is 2.46. The topological polar surface area (TPSA) is 92.5 Å². The van der Waals surface area contributed by atoms with Crippen LogP contribution < -0.4 is 11.1 Å². The van der Waals surface area contributed by atoms with Crippen LogP contribution in [0.1, 0.15) is 38.1 Å². The predicted molar refractivity (Wildman–Crippen MR) is 93.6 cm³/mol. The molecule has 1 aromatic carbocycles. The molecule has 0 aliphatic rings. The highest BCUT2D eigenvalue weighted by Gasteiger charge is 2.31. The summed E-state index contributed by atoms with van der Waals surface area (Å²) in [5.41, 5.74) is 5.51. The number of nitrogens with zero attached hydrogens (tertiary/aromatic N) is 1. The molecule has 1 atom stereocenters. The molecule has 0 saturated carbocycles. The minimum Gasteiger partial charge on any atom is -0.368 e. The highest BCUT2D eigenvalue weighted by atomic mass is 35.5. The molecule has 0 radical (unpaired) electrons. The van der Waals surface area contributed by atoms with Gasteiger partial charge in [0.1, 0.15) is 6.04 Å². The molecule has 1 aromatic rings. The molecule has 3 N–H and O–H groups in total. The van der Waals surface area contributed by atoms with E-state index in [1.54, 1.807) is 38.1 Å². The van der Waals surface area contributed by atoms with Gasteiger partial charge in [-0.15, -0.1) is 0 Å². The zero-order valence-electron chi connectivity index (χ0n) is 14.4. The Morgan fingerprint density at radius 1 is 1.17 bits per heavy atom. The molecular weight excluding hydrogens is 330 g/mol. The molecule has 0 aliphatic heterocycles. The molecule has 0 heterocycles. The molecular formula is C17H24ClN3O3. The van der Waals surface area contributed by atoms with Gasteiger partial charge in [0.15, 0.2) is 0 Å². The molecule has 0 fully saturated rings. The van der Waals surface area contributed by atoms with Crippen LogP contribution in [0.2, 0.25) is 5.02 Å². The number of amides is 3. The summed E-state index contributed by atoms with van der Waals surface area (Å²) < 4.78 is 0. The van der Waals surface area contributed by atoms with E-state index in [-0.39, 0.29) is 24.4 Å². The highest BCUT2D eigenvalue weighted by Crippen LogP contribution is 2.16. The summed E-state index contributed by atoms with van der Waals surface area (Å²) in [6.07, 6.45) is 0. The first-order valence-electron chi connectivity index (χ1n) is 7.79. The van der Waals surface area contributed by atoms with Crippen molar-refractivity contribution in [2.75, 3.05) is 6.54 Å². The van der Waals surface area contributed by atoms with Gasteiger partial charge in [-0.2, -0.15) is 0 Å². The summed E-state index contributed by atoms with van der Waals surface area (Å²) in [6, 6.07) is 5.61. The Morgan fingerprint density at radius 3 is 2.21 bits per heavy atom. The fourth-order valence-electron chi connectivity index (χ4n) is 2.24. The van der Waals surface area contributed by atoms with Gasteiger partial charge in [-0.1, -0.05) is 37.6 Å². The van der Waals surface area contributed by atoms with Gasteiger partial charge in [-0.05, 0) is 31.9 Å². The third-order valence-corrected chi connectivity index (χ3v) is 3.90. The van der Waals surface area contributed by atoms with Crippen molar-refractivity contribution >= 4 is 29.3 Å². The van der Waals surface area contributed by atoms with E-state index in [0.29, 0.717) is 10.6 Å². The van der Waals surface area contributed by atoms with Gasteiger partial charge in [-0.25, -0.2) is 0 Å². The fraction of sp³-hybridized carbons (Fsp3) is 0.471. The Morgan fingerprint density at radius 2 is 1.75 bits per heavy atom. The predicted octanol–water partition coefficient (Wildman–Crippen LogP) is 1.82. The number of halogens is 1. The van der Waals surface area contributed by atoms with Gasteiger partial charge in [-0.3, -0.25) is 14.4 Å². The second kappa shape index (κ2) is 8.68. The van der Waals surface area contributed by atoms with Crippen LogP contribution in [0.5, 0.6) is 0 Å². The van der Waals surface area contributed by atoms with E-state index in [1.807, 2.05) is 13.8 Å². The molecule has 3 amide bonds. The van der Waals surface area contributed by atoms with E-state index in [1.165, 1.54) is 4.90 Å². The molecule has 0 spiro atoms. The van der Waals surface area contributed by atoms with E-state index in [0.717, 1.165) is 0 Å². The number of nitrogens with two attached hydrogens (primary N) is 1. The van der Waals surface area contributed by atoms with Crippen molar-refractivity contribution in [1.29, 1.82) is 0 Å². The maximum absolute atomic E-state index is 12.8. The molecule has 1 unspecified atom stereocenters. The molecule has 7 heteroatoms. The Bertz CT molecular complexity index is 617. The van der Waals surface area contributed by atoms with Crippen molar-refractivity contribution in [3.8, 4) is 0 Å². The van der Waals surface area contributed by atoms with Gasteiger partial charge in [0.25, 0.3) is 5.91 Å². The summed E-state index contributed by atoms with van der Waals surface area (Å²) in [7, 11) is 0. The molecule has 24 heavy (non-hydrogen) atoms. The Balaban J connectivity index is 3.01. The van der Waals surface area contributed by atoms with Gasteiger partial charge in [0.2, 0.25) is 11.8 Å².